The zero-order valence-corrected chi connectivity index (χ0v) is 10.8. The fourth-order valence-electron chi connectivity index (χ4n) is 1.41. The molecule has 0 radical (unpaired) electrons. The van der Waals surface area contributed by atoms with E-state index in [-0.39, 0.29) is 6.61 Å². The van der Waals surface area contributed by atoms with Gasteiger partial charge in [0.25, 0.3) is 0 Å². The molecule has 1 rings (SSSR count). The highest BCUT2D eigenvalue weighted by atomic mass is 16.6. The van der Waals surface area contributed by atoms with Gasteiger partial charge in [0, 0.05) is 0 Å². The molecule has 0 aliphatic carbocycles. The molecule has 0 fully saturated rings. The van der Waals surface area contributed by atoms with Crippen LogP contribution >= 0.6 is 0 Å². The van der Waals surface area contributed by atoms with Crippen molar-refractivity contribution in [3.8, 4) is 5.75 Å². The Morgan fingerprint density at radius 2 is 2.06 bits per heavy atom. The van der Waals surface area contributed by atoms with Crippen molar-refractivity contribution in [3.63, 3.8) is 0 Å². The maximum atomic E-state index is 11.8. The Hall–Kier alpha value is -1.75. The Balaban J connectivity index is 2.93. The maximum Gasteiger partial charge on any atom is 0.350 e. The third-order valence-corrected chi connectivity index (χ3v) is 2.31. The highest BCUT2D eigenvalue weighted by molar-refractivity contribution is 5.77. The van der Waals surface area contributed by atoms with E-state index in [1.54, 1.807) is 31.2 Å². The Morgan fingerprint density at radius 1 is 1.44 bits per heavy atom. The molecule has 0 amide bonds. The fourth-order valence-corrected chi connectivity index (χ4v) is 1.41. The Bertz CT molecular complexity index is 412. The van der Waals surface area contributed by atoms with Crippen molar-refractivity contribution < 1.29 is 19.4 Å². The maximum absolute atomic E-state index is 11.8. The standard InChI is InChI=1S/C13H19NO4/c1-4-17-12(15)11(13(2,3)16)18-10-8-6-5-7-9(10)14/h5-8,11,16H,4,14H2,1-3H3. The van der Waals surface area contributed by atoms with Crippen LogP contribution < -0.4 is 10.5 Å². The number of benzene rings is 1. The van der Waals surface area contributed by atoms with Gasteiger partial charge in [0.15, 0.2) is 0 Å². The summed E-state index contributed by atoms with van der Waals surface area (Å²) in [6, 6.07) is 6.78. The molecule has 0 saturated carbocycles. The van der Waals surface area contributed by atoms with Gasteiger partial charge in [-0.05, 0) is 32.9 Å². The number of ether oxygens (including phenoxy) is 2. The minimum absolute atomic E-state index is 0.221. The van der Waals surface area contributed by atoms with E-state index in [2.05, 4.69) is 0 Å². The van der Waals surface area contributed by atoms with Gasteiger partial charge in [0.1, 0.15) is 11.4 Å². The lowest BCUT2D eigenvalue weighted by Crippen LogP contribution is -2.47. The first-order valence-corrected chi connectivity index (χ1v) is 5.76. The number of hydrogen-bond donors (Lipinski definition) is 2. The van der Waals surface area contributed by atoms with Gasteiger partial charge in [0.2, 0.25) is 6.10 Å². The lowest BCUT2D eigenvalue weighted by molar-refractivity contribution is -0.162. The molecule has 1 aromatic rings. The van der Waals surface area contributed by atoms with E-state index in [0.717, 1.165) is 0 Å². The number of rotatable bonds is 5. The zero-order valence-electron chi connectivity index (χ0n) is 10.8. The number of carbonyl (C=O) groups excluding carboxylic acids is 1. The van der Waals surface area contributed by atoms with Gasteiger partial charge in [-0.1, -0.05) is 12.1 Å². The largest absolute Gasteiger partial charge is 0.473 e. The predicted molar refractivity (Wildman–Crippen MR) is 68.2 cm³/mol. The van der Waals surface area contributed by atoms with E-state index in [0.29, 0.717) is 11.4 Å². The third kappa shape index (κ3) is 3.63. The molecule has 18 heavy (non-hydrogen) atoms. The Labute approximate surface area is 107 Å². The lowest BCUT2D eigenvalue weighted by atomic mass is 10.0. The van der Waals surface area contributed by atoms with Crippen LogP contribution in [-0.2, 0) is 9.53 Å². The summed E-state index contributed by atoms with van der Waals surface area (Å²) >= 11 is 0. The number of nitrogen functional groups attached to an aromatic ring is 1. The molecule has 0 heterocycles. The summed E-state index contributed by atoms with van der Waals surface area (Å²) in [5, 5.41) is 9.96. The smallest absolute Gasteiger partial charge is 0.350 e. The highest BCUT2D eigenvalue weighted by Crippen LogP contribution is 2.25. The number of aliphatic hydroxyl groups is 1. The molecule has 5 nitrogen and oxygen atoms in total. The van der Waals surface area contributed by atoms with Crippen LogP contribution in [0.5, 0.6) is 5.75 Å². The molecule has 1 unspecified atom stereocenters. The SMILES string of the molecule is CCOC(=O)C(Oc1ccccc1N)C(C)(C)O. The molecule has 5 heteroatoms. The van der Waals surface area contributed by atoms with Crippen molar-refractivity contribution in [2.75, 3.05) is 12.3 Å². The van der Waals surface area contributed by atoms with Crippen molar-refractivity contribution >= 4 is 11.7 Å². The molecule has 0 aliphatic heterocycles. The predicted octanol–water partition coefficient (Wildman–Crippen LogP) is 1.35. The summed E-state index contributed by atoms with van der Waals surface area (Å²) in [6.45, 7) is 4.87. The Kier molecular flexibility index (Phi) is 4.55. The van der Waals surface area contributed by atoms with Crippen molar-refractivity contribution in [1.29, 1.82) is 0 Å². The summed E-state index contributed by atoms with van der Waals surface area (Å²) in [5.41, 5.74) is 4.76. The quantitative estimate of drug-likeness (QED) is 0.611. The average molecular weight is 253 g/mol. The topological polar surface area (TPSA) is 81.8 Å². The molecule has 100 valence electrons. The number of esters is 1. The van der Waals surface area contributed by atoms with E-state index in [9.17, 15) is 9.90 Å². The summed E-state index contributed by atoms with van der Waals surface area (Å²) < 4.78 is 10.4. The van der Waals surface area contributed by atoms with Crippen LogP contribution in [0.25, 0.3) is 0 Å². The molecule has 1 aromatic carbocycles. The summed E-state index contributed by atoms with van der Waals surface area (Å²) in [6.07, 6.45) is -1.12. The van der Waals surface area contributed by atoms with Gasteiger partial charge in [-0.25, -0.2) is 4.79 Å². The van der Waals surface area contributed by atoms with Crippen molar-refractivity contribution in [1.82, 2.24) is 0 Å². The van der Waals surface area contributed by atoms with E-state index in [1.807, 2.05) is 0 Å². The van der Waals surface area contributed by atoms with Gasteiger partial charge in [-0.15, -0.1) is 0 Å². The molecule has 0 saturated heterocycles. The monoisotopic (exact) mass is 253 g/mol. The molecule has 0 bridgehead atoms. The van der Waals surface area contributed by atoms with Crippen LogP contribution in [0.15, 0.2) is 24.3 Å². The molecule has 0 aromatic heterocycles. The third-order valence-electron chi connectivity index (χ3n) is 2.31. The van der Waals surface area contributed by atoms with E-state index in [1.165, 1.54) is 13.8 Å². The fraction of sp³-hybridized carbons (Fsp3) is 0.462. The molecule has 0 spiro atoms. The number of para-hydroxylation sites is 2. The Morgan fingerprint density at radius 3 is 2.56 bits per heavy atom. The minimum Gasteiger partial charge on any atom is -0.473 e. The van der Waals surface area contributed by atoms with Crippen LogP contribution in [0.3, 0.4) is 0 Å². The summed E-state index contributed by atoms with van der Waals surface area (Å²) in [5.74, 6) is -0.272. The molecular weight excluding hydrogens is 234 g/mol. The van der Waals surface area contributed by atoms with Crippen LogP contribution in [0.2, 0.25) is 0 Å². The highest BCUT2D eigenvalue weighted by Gasteiger charge is 2.37. The van der Waals surface area contributed by atoms with Crippen molar-refractivity contribution in [3.05, 3.63) is 24.3 Å². The average Bonchev–Trinajstić information content (AvgIpc) is 2.26. The minimum atomic E-state index is -1.37. The molecule has 1 atom stereocenters. The summed E-state index contributed by atoms with van der Waals surface area (Å²) in [7, 11) is 0. The van der Waals surface area contributed by atoms with Gasteiger partial charge < -0.3 is 20.3 Å². The van der Waals surface area contributed by atoms with Gasteiger partial charge >= 0.3 is 5.97 Å². The van der Waals surface area contributed by atoms with Crippen LogP contribution in [-0.4, -0.2) is 29.4 Å². The van der Waals surface area contributed by atoms with Crippen LogP contribution in [0, 0.1) is 0 Å². The van der Waals surface area contributed by atoms with E-state index < -0.39 is 17.7 Å². The second-order valence-electron chi connectivity index (χ2n) is 4.44. The normalized spacial score (nSPS) is 12.9. The number of nitrogens with two attached hydrogens (primary N) is 1. The van der Waals surface area contributed by atoms with Crippen molar-refractivity contribution in [2.45, 2.75) is 32.5 Å². The van der Waals surface area contributed by atoms with E-state index >= 15 is 0 Å². The van der Waals surface area contributed by atoms with Gasteiger partial charge in [-0.3, -0.25) is 0 Å². The summed E-state index contributed by atoms with van der Waals surface area (Å²) in [4.78, 5) is 11.8. The van der Waals surface area contributed by atoms with E-state index in [4.69, 9.17) is 15.2 Å². The van der Waals surface area contributed by atoms with Gasteiger partial charge in [-0.2, -0.15) is 0 Å². The van der Waals surface area contributed by atoms with Crippen molar-refractivity contribution in [2.24, 2.45) is 0 Å². The molecule has 0 aliphatic rings. The molecule has 3 N–H and O–H groups in total. The second kappa shape index (κ2) is 5.73. The first-order valence-electron chi connectivity index (χ1n) is 5.76. The first-order chi connectivity index (χ1) is 8.36. The second-order valence-corrected chi connectivity index (χ2v) is 4.44. The molecular formula is C13H19NO4. The van der Waals surface area contributed by atoms with Gasteiger partial charge in [0.05, 0.1) is 12.3 Å². The number of anilines is 1. The number of hydrogen-bond acceptors (Lipinski definition) is 5. The number of carbonyl (C=O) groups is 1. The lowest BCUT2D eigenvalue weighted by Gasteiger charge is -2.28. The van der Waals surface area contributed by atoms with Crippen LogP contribution in [0.4, 0.5) is 5.69 Å². The van der Waals surface area contributed by atoms with Crippen LogP contribution in [0.1, 0.15) is 20.8 Å². The zero-order chi connectivity index (χ0) is 13.8. The first kappa shape index (κ1) is 14.3.